The summed E-state index contributed by atoms with van der Waals surface area (Å²) in [5.41, 5.74) is 0.865. The minimum Gasteiger partial charge on any atom is -0.282 e. The van der Waals surface area contributed by atoms with E-state index in [4.69, 9.17) is 0 Å². The van der Waals surface area contributed by atoms with Crippen LogP contribution in [-0.2, 0) is 10.1 Å². The molecule has 25 heavy (non-hydrogen) atoms. The van der Waals surface area contributed by atoms with E-state index in [2.05, 4.69) is 48.1 Å². The van der Waals surface area contributed by atoms with Crippen LogP contribution in [0.2, 0.25) is 18.1 Å². The fraction of sp³-hybridized carbons (Fsp3) is 0.600. The summed E-state index contributed by atoms with van der Waals surface area (Å²) in [6.07, 6.45) is 1.74. The zero-order chi connectivity index (χ0) is 19.4. The second-order valence-electron chi connectivity index (χ2n) is 8.47. The predicted octanol–water partition coefficient (Wildman–Crippen LogP) is 5.20. The van der Waals surface area contributed by atoms with Gasteiger partial charge in [0.25, 0.3) is 10.1 Å². The maximum Gasteiger partial charge on any atom is 0.294 e. The van der Waals surface area contributed by atoms with Crippen molar-refractivity contribution in [2.24, 2.45) is 17.8 Å². The summed E-state index contributed by atoms with van der Waals surface area (Å²) in [6, 6.07) is 8.22. The van der Waals surface area contributed by atoms with Crippen LogP contribution in [0, 0.1) is 17.8 Å². The summed E-state index contributed by atoms with van der Waals surface area (Å²) in [7, 11) is -6.46. The molecule has 0 saturated heterocycles. The highest BCUT2D eigenvalue weighted by Gasteiger charge is 2.41. The first-order valence-corrected chi connectivity index (χ1v) is 13.2. The highest BCUT2D eigenvalue weighted by molar-refractivity contribution is 7.86. The third-order valence-electron chi connectivity index (χ3n) is 4.48. The summed E-state index contributed by atoms with van der Waals surface area (Å²) in [5.74, 6) is 1.41. The topological polar surface area (TPSA) is 54.4 Å². The van der Waals surface area contributed by atoms with Gasteiger partial charge in [-0.15, -0.1) is 0 Å². The van der Waals surface area contributed by atoms with Gasteiger partial charge in [0.05, 0.1) is 13.0 Å². The lowest BCUT2D eigenvalue weighted by atomic mass is 10.2. The molecule has 1 aromatic carbocycles. The molecule has 5 heteroatoms. The SMILES string of the molecule is C=Cc1cccc(S(=O)(=O)O)c1[Si](CC(C)C)(CC(C)C)CC(C)C. The summed E-state index contributed by atoms with van der Waals surface area (Å²) in [6.45, 7) is 17.1. The molecule has 0 fully saturated rings. The van der Waals surface area contributed by atoms with E-state index in [1.54, 1.807) is 18.2 Å². The van der Waals surface area contributed by atoms with Crippen molar-refractivity contribution in [3.05, 3.63) is 30.3 Å². The fourth-order valence-electron chi connectivity index (χ4n) is 4.40. The molecule has 1 N–H and O–H groups in total. The molecular weight excluding hydrogens is 348 g/mol. The molecule has 0 bridgehead atoms. The monoisotopic (exact) mass is 382 g/mol. The Labute approximate surface area is 155 Å². The van der Waals surface area contributed by atoms with Crippen LogP contribution in [0.25, 0.3) is 6.08 Å². The van der Waals surface area contributed by atoms with Crippen LogP contribution < -0.4 is 5.19 Å². The zero-order valence-corrected chi connectivity index (χ0v) is 18.4. The standard InChI is InChI=1S/C20H34O3SSi/c1-8-18-10-9-11-19(24(21,22)23)20(18)25(12-15(2)3,13-16(4)5)14-17(6)7/h8-11,15-17H,1,12-14H2,2-7H3,(H,21,22,23). The molecule has 0 aliphatic rings. The molecular formula is C20H34O3SSi. The van der Waals surface area contributed by atoms with Crippen molar-refractivity contribution in [3.8, 4) is 0 Å². The lowest BCUT2D eigenvalue weighted by Crippen LogP contribution is -2.53. The summed E-state index contributed by atoms with van der Waals surface area (Å²) < 4.78 is 34.3. The number of rotatable bonds is 9. The van der Waals surface area contributed by atoms with E-state index in [0.717, 1.165) is 28.9 Å². The highest BCUT2D eigenvalue weighted by Crippen LogP contribution is 2.34. The number of hydrogen-bond donors (Lipinski definition) is 1. The van der Waals surface area contributed by atoms with Crippen molar-refractivity contribution in [2.45, 2.75) is 64.6 Å². The van der Waals surface area contributed by atoms with Crippen molar-refractivity contribution >= 4 is 29.5 Å². The van der Waals surface area contributed by atoms with E-state index in [1.807, 2.05) is 6.07 Å². The van der Waals surface area contributed by atoms with Gasteiger partial charge in [0.2, 0.25) is 0 Å². The Hall–Kier alpha value is -0.913. The molecule has 0 atom stereocenters. The first kappa shape index (κ1) is 22.1. The molecule has 0 aliphatic carbocycles. The van der Waals surface area contributed by atoms with Gasteiger partial charge >= 0.3 is 0 Å². The molecule has 1 rings (SSSR count). The Balaban J connectivity index is 3.87. The lowest BCUT2D eigenvalue weighted by molar-refractivity contribution is 0.483. The molecule has 1 aromatic rings. The van der Waals surface area contributed by atoms with E-state index in [9.17, 15) is 13.0 Å². The smallest absolute Gasteiger partial charge is 0.282 e. The summed E-state index contributed by atoms with van der Waals surface area (Å²) >= 11 is 0. The first-order valence-electron chi connectivity index (χ1n) is 9.16. The molecule has 0 radical (unpaired) electrons. The van der Waals surface area contributed by atoms with Crippen LogP contribution in [0.1, 0.15) is 47.1 Å². The molecule has 3 nitrogen and oxygen atoms in total. The molecule has 0 unspecified atom stereocenters. The molecule has 0 spiro atoms. The zero-order valence-electron chi connectivity index (χ0n) is 16.5. The van der Waals surface area contributed by atoms with E-state index >= 15 is 0 Å². The normalized spacial score (nSPS) is 13.0. The minimum absolute atomic E-state index is 0.0958. The van der Waals surface area contributed by atoms with Crippen molar-refractivity contribution in [1.82, 2.24) is 0 Å². The quantitative estimate of drug-likeness (QED) is 0.472. The van der Waals surface area contributed by atoms with Crippen molar-refractivity contribution in [2.75, 3.05) is 0 Å². The predicted molar refractivity (Wildman–Crippen MR) is 111 cm³/mol. The third-order valence-corrected chi connectivity index (χ3v) is 12.0. The molecule has 0 heterocycles. The van der Waals surface area contributed by atoms with Gasteiger partial charge in [-0.1, -0.05) is 84.5 Å². The third kappa shape index (κ3) is 5.80. The van der Waals surface area contributed by atoms with Gasteiger partial charge in [0.1, 0.15) is 0 Å². The Morgan fingerprint density at radius 1 is 1.00 bits per heavy atom. The average Bonchev–Trinajstić information content (AvgIpc) is 2.43. The average molecular weight is 383 g/mol. The number of benzene rings is 1. The second kappa shape index (κ2) is 8.65. The number of hydrogen-bond acceptors (Lipinski definition) is 2. The van der Waals surface area contributed by atoms with Crippen molar-refractivity contribution in [1.29, 1.82) is 0 Å². The second-order valence-corrected chi connectivity index (χ2v) is 14.1. The Kier molecular flexibility index (Phi) is 7.66. The molecule has 0 aliphatic heterocycles. The van der Waals surface area contributed by atoms with Crippen LogP contribution in [0.15, 0.2) is 29.7 Å². The maximum atomic E-state index is 12.2. The van der Waals surface area contributed by atoms with E-state index in [0.29, 0.717) is 17.8 Å². The van der Waals surface area contributed by atoms with Gasteiger partial charge < -0.3 is 0 Å². The largest absolute Gasteiger partial charge is 0.294 e. The maximum absolute atomic E-state index is 12.2. The van der Waals surface area contributed by atoms with E-state index < -0.39 is 18.2 Å². The molecule has 0 saturated carbocycles. The van der Waals surface area contributed by atoms with Gasteiger partial charge in [-0.05, 0) is 34.6 Å². The Bertz CT molecular complexity index is 664. The van der Waals surface area contributed by atoms with Crippen LogP contribution >= 0.6 is 0 Å². The lowest BCUT2D eigenvalue weighted by Gasteiger charge is -2.39. The Morgan fingerprint density at radius 2 is 1.44 bits per heavy atom. The first-order chi connectivity index (χ1) is 11.4. The van der Waals surface area contributed by atoms with Gasteiger partial charge in [0, 0.05) is 0 Å². The van der Waals surface area contributed by atoms with Crippen LogP contribution in [0.4, 0.5) is 0 Å². The van der Waals surface area contributed by atoms with Gasteiger partial charge in [0.15, 0.2) is 0 Å². The van der Waals surface area contributed by atoms with Crippen molar-refractivity contribution in [3.63, 3.8) is 0 Å². The Morgan fingerprint density at radius 3 is 1.76 bits per heavy atom. The molecule has 0 aromatic heterocycles. The van der Waals surface area contributed by atoms with Gasteiger partial charge in [-0.2, -0.15) is 8.42 Å². The summed E-state index contributed by atoms with van der Waals surface area (Å²) in [4.78, 5) is 0.0958. The van der Waals surface area contributed by atoms with Crippen LogP contribution in [0.3, 0.4) is 0 Å². The van der Waals surface area contributed by atoms with Crippen LogP contribution in [0.5, 0.6) is 0 Å². The van der Waals surface area contributed by atoms with E-state index in [-0.39, 0.29) is 4.90 Å². The molecule has 142 valence electrons. The van der Waals surface area contributed by atoms with Crippen LogP contribution in [-0.4, -0.2) is 21.0 Å². The summed E-state index contributed by atoms with van der Waals surface area (Å²) in [5, 5.41) is 0.878. The molecule has 0 amide bonds. The van der Waals surface area contributed by atoms with Gasteiger partial charge in [-0.3, -0.25) is 4.55 Å². The fourth-order valence-corrected chi connectivity index (χ4v) is 13.3. The highest BCUT2D eigenvalue weighted by atomic mass is 32.2. The van der Waals surface area contributed by atoms with E-state index in [1.165, 1.54) is 0 Å². The van der Waals surface area contributed by atoms with Crippen molar-refractivity contribution < 1.29 is 13.0 Å². The minimum atomic E-state index is -4.27. The van der Waals surface area contributed by atoms with Gasteiger partial charge in [-0.25, -0.2) is 0 Å².